The molecule has 0 saturated heterocycles. The second-order valence-electron chi connectivity index (χ2n) is 5.28. The van der Waals surface area contributed by atoms with Crippen LogP contribution >= 0.6 is 11.3 Å². The number of nitrogens with zero attached hydrogens (tertiary/aromatic N) is 1. The van der Waals surface area contributed by atoms with Gasteiger partial charge >= 0.3 is 0 Å². The van der Waals surface area contributed by atoms with Gasteiger partial charge in [0.2, 0.25) is 11.8 Å². The fourth-order valence-electron chi connectivity index (χ4n) is 2.65. The Bertz CT molecular complexity index is 667. The van der Waals surface area contributed by atoms with Gasteiger partial charge in [0.25, 0.3) is 0 Å². The van der Waals surface area contributed by atoms with Gasteiger partial charge in [0.05, 0.1) is 6.42 Å². The van der Waals surface area contributed by atoms with E-state index < -0.39 is 0 Å². The Morgan fingerprint density at radius 3 is 2.91 bits per heavy atom. The Hall–Kier alpha value is -2.14. The van der Waals surface area contributed by atoms with Gasteiger partial charge < -0.3 is 10.2 Å². The number of benzene rings is 1. The monoisotopic (exact) mass is 314 g/mol. The van der Waals surface area contributed by atoms with Gasteiger partial charge in [-0.05, 0) is 29.5 Å². The Kier molecular flexibility index (Phi) is 4.53. The van der Waals surface area contributed by atoms with Gasteiger partial charge in [-0.2, -0.15) is 0 Å². The Morgan fingerprint density at radius 2 is 2.09 bits per heavy atom. The number of amides is 2. The summed E-state index contributed by atoms with van der Waals surface area (Å²) in [5.74, 6) is 0.141. The van der Waals surface area contributed by atoms with Crippen molar-refractivity contribution >= 4 is 28.8 Å². The van der Waals surface area contributed by atoms with Crippen molar-refractivity contribution in [2.75, 3.05) is 18.0 Å². The predicted molar refractivity (Wildman–Crippen MR) is 88.1 cm³/mol. The van der Waals surface area contributed by atoms with Crippen LogP contribution < -0.4 is 10.2 Å². The van der Waals surface area contributed by atoms with E-state index in [0.29, 0.717) is 25.9 Å². The molecule has 3 rings (SSSR count). The Labute approximate surface area is 133 Å². The average Bonchev–Trinajstić information content (AvgIpc) is 3.13. The molecule has 0 radical (unpaired) electrons. The molecule has 0 saturated carbocycles. The minimum absolute atomic E-state index is 0.0355. The zero-order valence-corrected chi connectivity index (χ0v) is 13.1. The number of thiophene rings is 1. The lowest BCUT2D eigenvalue weighted by atomic mass is 10.2. The summed E-state index contributed by atoms with van der Waals surface area (Å²) in [5, 5.41) is 4.91. The van der Waals surface area contributed by atoms with Crippen LogP contribution in [0.25, 0.3) is 0 Å². The lowest BCUT2D eigenvalue weighted by Crippen LogP contribution is -2.36. The molecule has 0 bridgehead atoms. The smallest absolute Gasteiger partial charge is 0.231 e. The van der Waals surface area contributed by atoms with Gasteiger partial charge in [-0.25, -0.2) is 0 Å². The van der Waals surface area contributed by atoms with E-state index in [-0.39, 0.29) is 11.8 Å². The van der Waals surface area contributed by atoms with Gasteiger partial charge in [0.15, 0.2) is 0 Å². The zero-order chi connectivity index (χ0) is 15.4. The molecule has 22 heavy (non-hydrogen) atoms. The Morgan fingerprint density at radius 1 is 1.23 bits per heavy atom. The average molecular weight is 314 g/mol. The first kappa shape index (κ1) is 14.8. The van der Waals surface area contributed by atoms with Crippen molar-refractivity contribution in [3.63, 3.8) is 0 Å². The summed E-state index contributed by atoms with van der Waals surface area (Å²) in [5.41, 5.74) is 2.04. The summed E-state index contributed by atoms with van der Waals surface area (Å²) in [6.07, 6.45) is 1.72. The number of carbonyl (C=O) groups is 2. The molecule has 1 aliphatic heterocycles. The van der Waals surface area contributed by atoms with Crippen LogP contribution in [0.5, 0.6) is 0 Å². The number of fused-ring (bicyclic) bond motifs is 1. The highest BCUT2D eigenvalue weighted by molar-refractivity contribution is 7.09. The molecule has 2 aromatic rings. The SMILES string of the molecule is O=C(CCc1cccs1)NCCN1C(=O)Cc2ccccc21. The minimum atomic E-state index is 0.0355. The molecule has 5 heteroatoms. The van der Waals surface area contributed by atoms with E-state index in [0.717, 1.165) is 17.7 Å². The van der Waals surface area contributed by atoms with E-state index >= 15 is 0 Å². The van der Waals surface area contributed by atoms with Crippen molar-refractivity contribution in [3.05, 3.63) is 52.2 Å². The van der Waals surface area contributed by atoms with Crippen molar-refractivity contribution in [2.24, 2.45) is 0 Å². The topological polar surface area (TPSA) is 49.4 Å². The fraction of sp³-hybridized carbons (Fsp3) is 0.294. The summed E-state index contributed by atoms with van der Waals surface area (Å²) >= 11 is 1.67. The van der Waals surface area contributed by atoms with Crippen molar-refractivity contribution in [1.29, 1.82) is 0 Å². The first-order chi connectivity index (χ1) is 10.7. The van der Waals surface area contributed by atoms with Crippen molar-refractivity contribution < 1.29 is 9.59 Å². The lowest BCUT2D eigenvalue weighted by Gasteiger charge is -2.17. The van der Waals surface area contributed by atoms with E-state index in [1.54, 1.807) is 16.2 Å². The molecule has 1 aromatic heterocycles. The van der Waals surface area contributed by atoms with Gasteiger partial charge in [0, 0.05) is 30.1 Å². The van der Waals surface area contributed by atoms with Crippen LogP contribution in [0, 0.1) is 0 Å². The van der Waals surface area contributed by atoms with Crippen LogP contribution in [0.3, 0.4) is 0 Å². The second-order valence-corrected chi connectivity index (χ2v) is 6.31. The maximum Gasteiger partial charge on any atom is 0.231 e. The van der Waals surface area contributed by atoms with Crippen molar-refractivity contribution in [3.8, 4) is 0 Å². The van der Waals surface area contributed by atoms with E-state index in [1.165, 1.54) is 4.88 Å². The van der Waals surface area contributed by atoms with Gasteiger partial charge in [0.1, 0.15) is 0 Å². The molecule has 114 valence electrons. The quantitative estimate of drug-likeness (QED) is 0.890. The van der Waals surface area contributed by atoms with Crippen LogP contribution in [-0.2, 0) is 22.4 Å². The number of hydrogen-bond acceptors (Lipinski definition) is 3. The molecule has 1 aliphatic rings. The van der Waals surface area contributed by atoms with E-state index in [4.69, 9.17) is 0 Å². The van der Waals surface area contributed by atoms with E-state index in [2.05, 4.69) is 5.32 Å². The maximum absolute atomic E-state index is 12.0. The largest absolute Gasteiger partial charge is 0.354 e. The minimum Gasteiger partial charge on any atom is -0.354 e. The standard InChI is InChI=1S/C17H18N2O2S/c20-16(8-7-14-5-3-11-22-14)18-9-10-19-15-6-2-1-4-13(15)12-17(19)21/h1-6,11H,7-10,12H2,(H,18,20). The van der Waals surface area contributed by atoms with Crippen molar-refractivity contribution in [1.82, 2.24) is 5.32 Å². The molecule has 2 heterocycles. The molecule has 0 fully saturated rings. The lowest BCUT2D eigenvalue weighted by molar-refractivity contribution is -0.121. The number of rotatable bonds is 6. The predicted octanol–water partition coefficient (Wildman–Crippen LogP) is 2.39. The van der Waals surface area contributed by atoms with Gasteiger partial charge in [-0.1, -0.05) is 24.3 Å². The third-order valence-corrected chi connectivity index (χ3v) is 4.70. The summed E-state index contributed by atoms with van der Waals surface area (Å²) in [7, 11) is 0. The molecule has 0 unspecified atom stereocenters. The molecular formula is C17H18N2O2S. The number of nitrogens with one attached hydrogen (secondary N) is 1. The van der Waals surface area contributed by atoms with Crippen LogP contribution in [0.15, 0.2) is 41.8 Å². The first-order valence-corrected chi connectivity index (χ1v) is 8.29. The van der Waals surface area contributed by atoms with E-state index in [9.17, 15) is 9.59 Å². The number of para-hydroxylation sites is 1. The molecule has 0 atom stereocenters. The van der Waals surface area contributed by atoms with Crippen LogP contribution in [0.2, 0.25) is 0 Å². The Balaban J connectivity index is 1.45. The third-order valence-electron chi connectivity index (χ3n) is 3.76. The molecule has 4 nitrogen and oxygen atoms in total. The third kappa shape index (κ3) is 3.36. The zero-order valence-electron chi connectivity index (χ0n) is 12.2. The highest BCUT2D eigenvalue weighted by Gasteiger charge is 2.26. The number of carbonyl (C=O) groups excluding carboxylic acids is 2. The summed E-state index contributed by atoms with van der Waals surface area (Å²) < 4.78 is 0. The number of aryl methyl sites for hydroxylation is 1. The van der Waals surface area contributed by atoms with E-state index in [1.807, 2.05) is 41.8 Å². The fourth-order valence-corrected chi connectivity index (χ4v) is 3.36. The highest BCUT2D eigenvalue weighted by atomic mass is 32.1. The van der Waals surface area contributed by atoms with Crippen LogP contribution in [0.4, 0.5) is 5.69 Å². The molecule has 1 N–H and O–H groups in total. The summed E-state index contributed by atoms with van der Waals surface area (Å²) in [6, 6.07) is 11.9. The normalized spacial score (nSPS) is 13.3. The van der Waals surface area contributed by atoms with Gasteiger partial charge in [-0.3, -0.25) is 9.59 Å². The summed E-state index contributed by atoms with van der Waals surface area (Å²) in [4.78, 5) is 26.8. The second kappa shape index (κ2) is 6.75. The van der Waals surface area contributed by atoms with Crippen LogP contribution in [0.1, 0.15) is 16.9 Å². The number of hydrogen-bond donors (Lipinski definition) is 1. The highest BCUT2D eigenvalue weighted by Crippen LogP contribution is 2.27. The molecule has 0 aliphatic carbocycles. The van der Waals surface area contributed by atoms with Gasteiger partial charge in [-0.15, -0.1) is 11.3 Å². The summed E-state index contributed by atoms with van der Waals surface area (Å²) in [6.45, 7) is 1.02. The molecule has 0 spiro atoms. The van der Waals surface area contributed by atoms with Crippen molar-refractivity contribution in [2.45, 2.75) is 19.3 Å². The molecule has 1 aromatic carbocycles. The maximum atomic E-state index is 12.0. The van der Waals surface area contributed by atoms with Crippen LogP contribution in [-0.4, -0.2) is 24.9 Å². The first-order valence-electron chi connectivity index (χ1n) is 7.41. The molecule has 2 amide bonds. The molecular weight excluding hydrogens is 296 g/mol. The number of anilines is 1.